The maximum atomic E-state index is 12.6. The van der Waals surface area contributed by atoms with Gasteiger partial charge in [-0.1, -0.05) is 32.9 Å². The van der Waals surface area contributed by atoms with E-state index < -0.39 is 12.3 Å². The summed E-state index contributed by atoms with van der Waals surface area (Å²) in [6.07, 6.45) is -1.61. The van der Waals surface area contributed by atoms with Crippen molar-refractivity contribution in [2.75, 3.05) is 0 Å². The van der Waals surface area contributed by atoms with Crippen molar-refractivity contribution < 1.29 is 32.5 Å². The summed E-state index contributed by atoms with van der Waals surface area (Å²) in [7, 11) is 0. The first-order valence-corrected chi connectivity index (χ1v) is 12.5. The Morgan fingerprint density at radius 1 is 1.19 bits per heavy atom. The van der Waals surface area contributed by atoms with Crippen LogP contribution in [-0.2, 0) is 6.42 Å². The van der Waals surface area contributed by atoms with Crippen molar-refractivity contribution in [3.8, 4) is 11.5 Å². The molecule has 0 amide bonds. The summed E-state index contributed by atoms with van der Waals surface area (Å²) in [5, 5.41) is 9.80. The third-order valence-electron chi connectivity index (χ3n) is 6.70. The van der Waals surface area contributed by atoms with Crippen molar-refractivity contribution >= 4 is 17.0 Å². The summed E-state index contributed by atoms with van der Waals surface area (Å²) in [6, 6.07) is 9.21. The van der Waals surface area contributed by atoms with E-state index in [9.17, 15) is 23.1 Å². The number of carboxylic acids is 1. The Morgan fingerprint density at radius 3 is 2.43 bits per heavy atom. The van der Waals surface area contributed by atoms with Crippen molar-refractivity contribution in [1.29, 1.82) is 0 Å². The number of carbonyl (C=O) groups is 1. The van der Waals surface area contributed by atoms with Crippen molar-refractivity contribution in [3.63, 3.8) is 0 Å². The maximum absolute atomic E-state index is 12.6. The minimum absolute atomic E-state index is 0.0448. The number of rotatable bonds is 7. The lowest BCUT2D eigenvalue weighted by Gasteiger charge is -2.40. The fraction of sp³-hybridized carbons (Fsp3) is 0.500. The predicted molar refractivity (Wildman–Crippen MR) is 134 cm³/mol. The molecule has 2 atom stereocenters. The second-order valence-corrected chi connectivity index (χ2v) is 11.1. The summed E-state index contributed by atoms with van der Waals surface area (Å²) < 4.78 is 49.8. The number of imidazole rings is 1. The average Bonchev–Trinajstić information content (AvgIpc) is 3.08. The molecule has 1 heterocycles. The van der Waals surface area contributed by atoms with E-state index in [0.29, 0.717) is 23.6 Å². The normalized spacial score (nSPS) is 19.8. The average molecular weight is 519 g/mol. The molecule has 6 nitrogen and oxygen atoms in total. The van der Waals surface area contributed by atoms with Gasteiger partial charge in [-0.05, 0) is 68.2 Å². The van der Waals surface area contributed by atoms with E-state index in [0.717, 1.165) is 36.2 Å². The Kier molecular flexibility index (Phi) is 7.18. The van der Waals surface area contributed by atoms with Crippen LogP contribution in [0.25, 0.3) is 11.0 Å². The van der Waals surface area contributed by atoms with E-state index >= 15 is 0 Å². The Hall–Kier alpha value is -3.23. The Morgan fingerprint density at radius 2 is 1.86 bits per heavy atom. The third kappa shape index (κ3) is 6.37. The van der Waals surface area contributed by atoms with E-state index in [1.807, 2.05) is 13.8 Å². The summed E-state index contributed by atoms with van der Waals surface area (Å²) in [5.74, 6) is 0.130. The smallest absolute Gasteiger partial charge is 0.490 e. The minimum atomic E-state index is -4.75. The number of benzene rings is 2. The molecule has 1 fully saturated rings. The van der Waals surface area contributed by atoms with Crippen LogP contribution in [0.5, 0.6) is 11.5 Å². The van der Waals surface area contributed by atoms with Gasteiger partial charge < -0.3 is 19.1 Å². The standard InChI is InChI=1S/C28H33F3N2O4/c1-16(2)36-24-13-23-22(12-21(24)26(34)35)32-25(33(23)19-10-17(3)14-27(4,5)15-19)11-18-6-8-20(9-7-18)37-28(29,30)31/h6-9,12-13,16-17,19H,10-11,14-15H2,1-5H3,(H,34,35)/t17-,19?/m0/s1. The van der Waals surface area contributed by atoms with Crippen molar-refractivity contribution in [2.45, 2.75) is 78.8 Å². The van der Waals surface area contributed by atoms with Crippen molar-refractivity contribution in [1.82, 2.24) is 9.55 Å². The second kappa shape index (κ2) is 9.91. The molecule has 1 aromatic heterocycles. The van der Waals surface area contributed by atoms with Crippen molar-refractivity contribution in [3.05, 3.63) is 53.3 Å². The van der Waals surface area contributed by atoms with Crippen molar-refractivity contribution in [2.24, 2.45) is 11.3 Å². The van der Waals surface area contributed by atoms with Gasteiger partial charge in [-0.25, -0.2) is 9.78 Å². The van der Waals surface area contributed by atoms with Crippen LogP contribution in [0, 0.1) is 11.3 Å². The number of hydrogen-bond acceptors (Lipinski definition) is 4. The van der Waals surface area contributed by atoms with Crippen LogP contribution in [-0.4, -0.2) is 33.1 Å². The highest BCUT2D eigenvalue weighted by Crippen LogP contribution is 2.46. The number of nitrogens with zero attached hydrogens (tertiary/aromatic N) is 2. The Balaban J connectivity index is 1.81. The van der Waals surface area contributed by atoms with Gasteiger partial charge in [0.05, 0.1) is 17.1 Å². The molecule has 0 radical (unpaired) electrons. The molecule has 37 heavy (non-hydrogen) atoms. The van der Waals surface area contributed by atoms with Gasteiger partial charge in [0, 0.05) is 18.5 Å². The summed E-state index contributed by atoms with van der Waals surface area (Å²) in [5.41, 5.74) is 2.28. The maximum Gasteiger partial charge on any atom is 0.573 e. The number of ether oxygens (including phenoxy) is 2. The van der Waals surface area contributed by atoms with E-state index in [2.05, 4.69) is 30.1 Å². The molecule has 1 aliphatic carbocycles. The van der Waals surface area contributed by atoms with Crippen LogP contribution >= 0.6 is 0 Å². The third-order valence-corrected chi connectivity index (χ3v) is 6.70. The molecule has 1 saturated carbocycles. The first-order chi connectivity index (χ1) is 17.2. The molecule has 9 heteroatoms. The van der Waals surface area contributed by atoms with Gasteiger partial charge in [0.2, 0.25) is 0 Å². The zero-order valence-electron chi connectivity index (χ0n) is 21.7. The predicted octanol–water partition coefficient (Wildman–Crippen LogP) is 7.40. The zero-order chi connectivity index (χ0) is 27.1. The number of aromatic carboxylic acids is 1. The van der Waals surface area contributed by atoms with Gasteiger partial charge in [-0.2, -0.15) is 0 Å². The molecular weight excluding hydrogens is 485 g/mol. The lowest BCUT2D eigenvalue weighted by atomic mass is 9.70. The first kappa shape index (κ1) is 26.8. The lowest BCUT2D eigenvalue weighted by molar-refractivity contribution is -0.274. The largest absolute Gasteiger partial charge is 0.573 e. The van der Waals surface area contributed by atoms with Gasteiger partial charge in [0.1, 0.15) is 22.9 Å². The number of alkyl halides is 3. The van der Waals surface area contributed by atoms with Gasteiger partial charge in [0.15, 0.2) is 0 Å². The van der Waals surface area contributed by atoms with Crippen LogP contribution in [0.4, 0.5) is 13.2 Å². The van der Waals surface area contributed by atoms with Gasteiger partial charge in [0.25, 0.3) is 0 Å². The zero-order valence-corrected chi connectivity index (χ0v) is 21.7. The lowest BCUT2D eigenvalue weighted by Crippen LogP contribution is -2.30. The van der Waals surface area contributed by atoms with Crippen LogP contribution in [0.2, 0.25) is 0 Å². The molecule has 2 aromatic carbocycles. The van der Waals surface area contributed by atoms with Gasteiger partial charge >= 0.3 is 12.3 Å². The molecule has 0 bridgehead atoms. The second-order valence-electron chi connectivity index (χ2n) is 11.1. The Bertz CT molecular complexity index is 1280. The van der Waals surface area contributed by atoms with E-state index in [1.165, 1.54) is 12.1 Å². The molecule has 3 aromatic rings. The monoisotopic (exact) mass is 518 g/mol. The Labute approximate surface area is 214 Å². The highest BCUT2D eigenvalue weighted by Gasteiger charge is 2.35. The number of fused-ring (bicyclic) bond motifs is 1. The fourth-order valence-corrected chi connectivity index (χ4v) is 5.71. The highest BCUT2D eigenvalue weighted by atomic mass is 19.4. The molecule has 1 aliphatic rings. The molecule has 0 aliphatic heterocycles. The minimum Gasteiger partial charge on any atom is -0.490 e. The molecule has 200 valence electrons. The van der Waals surface area contributed by atoms with E-state index in [-0.39, 0.29) is 28.9 Å². The summed E-state index contributed by atoms with van der Waals surface area (Å²) in [4.78, 5) is 16.8. The number of aromatic nitrogens is 2. The molecular formula is C28H33F3N2O4. The number of halogens is 3. The quantitative estimate of drug-likeness (QED) is 0.353. The fourth-order valence-electron chi connectivity index (χ4n) is 5.71. The van der Waals surface area contributed by atoms with Crippen LogP contribution in [0.1, 0.15) is 81.7 Å². The van der Waals surface area contributed by atoms with Crippen LogP contribution in [0.3, 0.4) is 0 Å². The summed E-state index contributed by atoms with van der Waals surface area (Å²) in [6.45, 7) is 10.4. The van der Waals surface area contributed by atoms with Gasteiger partial charge in [-0.15, -0.1) is 13.2 Å². The molecule has 0 saturated heterocycles. The molecule has 4 rings (SSSR count). The van der Waals surface area contributed by atoms with E-state index in [1.54, 1.807) is 24.3 Å². The van der Waals surface area contributed by atoms with Crippen LogP contribution < -0.4 is 9.47 Å². The molecule has 1 unspecified atom stereocenters. The number of hydrogen-bond donors (Lipinski definition) is 1. The number of carboxylic acid groups (broad SMARTS) is 1. The highest BCUT2D eigenvalue weighted by molar-refractivity contribution is 5.96. The van der Waals surface area contributed by atoms with E-state index in [4.69, 9.17) is 9.72 Å². The van der Waals surface area contributed by atoms with Crippen LogP contribution in [0.15, 0.2) is 36.4 Å². The topological polar surface area (TPSA) is 73.6 Å². The molecule has 1 N–H and O–H groups in total. The first-order valence-electron chi connectivity index (χ1n) is 12.5. The van der Waals surface area contributed by atoms with Gasteiger partial charge in [-0.3, -0.25) is 0 Å². The molecule has 0 spiro atoms. The SMILES string of the molecule is CC(C)Oc1cc2c(cc1C(=O)O)nc(Cc1ccc(OC(F)(F)F)cc1)n2C1C[C@H](C)CC(C)(C)C1. The summed E-state index contributed by atoms with van der Waals surface area (Å²) >= 11 is 0.